The third-order valence-electron chi connectivity index (χ3n) is 2.78. The third-order valence-corrected chi connectivity index (χ3v) is 4.14. The fourth-order valence-electron chi connectivity index (χ4n) is 1.61. The first-order chi connectivity index (χ1) is 7.60. The lowest BCUT2D eigenvalue weighted by atomic mass is 10.3. The Bertz CT molecular complexity index is 333. The van der Waals surface area contributed by atoms with Crippen LogP contribution in [0.3, 0.4) is 0 Å². The highest BCUT2D eigenvalue weighted by atomic mass is 32.2. The fourth-order valence-corrected chi connectivity index (χ4v) is 2.64. The summed E-state index contributed by atoms with van der Waals surface area (Å²) in [5.74, 6) is 2.23. The van der Waals surface area contributed by atoms with Gasteiger partial charge in [0.25, 0.3) is 0 Å². The summed E-state index contributed by atoms with van der Waals surface area (Å²) in [5.41, 5.74) is 2.50. The Labute approximate surface area is 103 Å². The second-order valence-electron chi connectivity index (χ2n) is 4.10. The molecule has 0 saturated heterocycles. The van der Waals surface area contributed by atoms with E-state index in [2.05, 4.69) is 38.1 Å². The lowest BCUT2D eigenvalue weighted by Gasteiger charge is -2.10. The average Bonchev–Trinajstić information content (AvgIpc) is 2.52. The number of nitrogens with zero attached hydrogens (tertiary/aromatic N) is 2. The maximum atomic E-state index is 4.47. The molecule has 16 heavy (non-hydrogen) atoms. The summed E-state index contributed by atoms with van der Waals surface area (Å²) >= 11 is 2.00. The van der Waals surface area contributed by atoms with Gasteiger partial charge in [-0.25, -0.2) is 0 Å². The summed E-state index contributed by atoms with van der Waals surface area (Å²) in [6.07, 6.45) is 1.22. The number of nitrogens with one attached hydrogen (secondary N) is 1. The second kappa shape index (κ2) is 6.18. The van der Waals surface area contributed by atoms with Crippen LogP contribution < -0.4 is 5.32 Å². The summed E-state index contributed by atoms with van der Waals surface area (Å²) < 4.78 is 1.95. The first kappa shape index (κ1) is 13.4. The van der Waals surface area contributed by atoms with Crippen LogP contribution in [0, 0.1) is 6.92 Å². The molecule has 1 atom stereocenters. The van der Waals surface area contributed by atoms with Crippen molar-refractivity contribution in [2.45, 2.75) is 45.1 Å². The van der Waals surface area contributed by atoms with Gasteiger partial charge < -0.3 is 5.32 Å². The summed E-state index contributed by atoms with van der Waals surface area (Å²) in [7, 11) is 2.00. The van der Waals surface area contributed by atoms with Crippen LogP contribution in [-0.4, -0.2) is 21.6 Å². The molecule has 0 amide bonds. The van der Waals surface area contributed by atoms with E-state index in [1.807, 2.05) is 23.5 Å². The molecule has 0 aliphatic heterocycles. The molecular formula is C12H23N3S. The van der Waals surface area contributed by atoms with Gasteiger partial charge in [0, 0.05) is 30.2 Å². The zero-order chi connectivity index (χ0) is 12.1. The summed E-state index contributed by atoms with van der Waals surface area (Å²) in [6.45, 7) is 9.67. The first-order valence-corrected chi connectivity index (χ1v) is 7.02. The Kier molecular flexibility index (Phi) is 5.19. The molecule has 1 heterocycles. The van der Waals surface area contributed by atoms with Gasteiger partial charge in [0.1, 0.15) is 5.82 Å². The van der Waals surface area contributed by atoms with E-state index in [4.69, 9.17) is 0 Å². The normalized spacial score (nSPS) is 12.8. The van der Waals surface area contributed by atoms with E-state index < -0.39 is 0 Å². The van der Waals surface area contributed by atoms with Gasteiger partial charge >= 0.3 is 0 Å². The maximum absolute atomic E-state index is 4.47. The van der Waals surface area contributed by atoms with Gasteiger partial charge in [0.2, 0.25) is 0 Å². The monoisotopic (exact) mass is 241 g/mol. The van der Waals surface area contributed by atoms with Crippen molar-refractivity contribution in [3.63, 3.8) is 0 Å². The molecule has 0 aliphatic carbocycles. The number of hydrogen-bond donors (Lipinski definition) is 1. The SMILES string of the molecule is CCNc1c(CSC(C)CC)c(C)nn1C. The highest BCUT2D eigenvalue weighted by Gasteiger charge is 2.13. The molecule has 1 N–H and O–H groups in total. The Morgan fingerprint density at radius 1 is 1.44 bits per heavy atom. The highest BCUT2D eigenvalue weighted by Crippen LogP contribution is 2.27. The molecule has 1 rings (SSSR count). The molecule has 0 radical (unpaired) electrons. The lowest BCUT2D eigenvalue weighted by molar-refractivity contribution is 0.760. The predicted octanol–water partition coefficient (Wildman–Crippen LogP) is 3.19. The Balaban J connectivity index is 2.77. The van der Waals surface area contributed by atoms with Crippen molar-refractivity contribution in [2.24, 2.45) is 7.05 Å². The largest absolute Gasteiger partial charge is 0.370 e. The molecular weight excluding hydrogens is 218 g/mol. The number of aromatic nitrogens is 2. The lowest BCUT2D eigenvalue weighted by Crippen LogP contribution is -2.05. The van der Waals surface area contributed by atoms with Crippen LogP contribution in [0.15, 0.2) is 0 Å². The van der Waals surface area contributed by atoms with E-state index in [0.717, 1.165) is 18.0 Å². The van der Waals surface area contributed by atoms with E-state index in [-0.39, 0.29) is 0 Å². The highest BCUT2D eigenvalue weighted by molar-refractivity contribution is 7.99. The number of anilines is 1. The van der Waals surface area contributed by atoms with Crippen molar-refractivity contribution < 1.29 is 0 Å². The maximum Gasteiger partial charge on any atom is 0.128 e. The van der Waals surface area contributed by atoms with Crippen LogP contribution in [0.1, 0.15) is 38.4 Å². The van der Waals surface area contributed by atoms with Gasteiger partial charge in [0.15, 0.2) is 0 Å². The second-order valence-corrected chi connectivity index (χ2v) is 5.52. The average molecular weight is 241 g/mol. The Morgan fingerprint density at radius 3 is 2.69 bits per heavy atom. The minimum atomic E-state index is 0.717. The van der Waals surface area contributed by atoms with Crippen molar-refractivity contribution in [3.05, 3.63) is 11.3 Å². The van der Waals surface area contributed by atoms with E-state index in [0.29, 0.717) is 5.25 Å². The van der Waals surface area contributed by atoms with Crippen LogP contribution >= 0.6 is 11.8 Å². The molecule has 1 aromatic heterocycles. The van der Waals surface area contributed by atoms with Gasteiger partial charge in [-0.2, -0.15) is 16.9 Å². The molecule has 0 aromatic carbocycles. The van der Waals surface area contributed by atoms with Gasteiger partial charge in [0.05, 0.1) is 5.69 Å². The summed E-state index contributed by atoms with van der Waals surface area (Å²) in [5, 5.41) is 8.59. The van der Waals surface area contributed by atoms with E-state index in [1.54, 1.807) is 0 Å². The minimum Gasteiger partial charge on any atom is -0.370 e. The number of aryl methyl sites for hydroxylation is 2. The Hall–Kier alpha value is -0.640. The molecule has 1 aromatic rings. The number of rotatable bonds is 6. The summed E-state index contributed by atoms with van der Waals surface area (Å²) in [4.78, 5) is 0. The predicted molar refractivity (Wildman–Crippen MR) is 73.2 cm³/mol. The van der Waals surface area contributed by atoms with E-state index >= 15 is 0 Å². The molecule has 3 nitrogen and oxygen atoms in total. The van der Waals surface area contributed by atoms with Crippen molar-refractivity contribution in [2.75, 3.05) is 11.9 Å². The van der Waals surface area contributed by atoms with Gasteiger partial charge in [-0.1, -0.05) is 13.8 Å². The summed E-state index contributed by atoms with van der Waals surface area (Å²) in [6, 6.07) is 0. The quantitative estimate of drug-likeness (QED) is 0.829. The molecule has 0 bridgehead atoms. The Morgan fingerprint density at radius 2 is 2.12 bits per heavy atom. The fraction of sp³-hybridized carbons (Fsp3) is 0.750. The van der Waals surface area contributed by atoms with Crippen LogP contribution in [0.5, 0.6) is 0 Å². The molecule has 0 saturated carbocycles. The molecule has 0 fully saturated rings. The van der Waals surface area contributed by atoms with Gasteiger partial charge in [-0.15, -0.1) is 0 Å². The molecule has 1 unspecified atom stereocenters. The zero-order valence-electron chi connectivity index (χ0n) is 11.0. The molecule has 0 spiro atoms. The van der Waals surface area contributed by atoms with Crippen LogP contribution in [0.2, 0.25) is 0 Å². The van der Waals surface area contributed by atoms with Gasteiger partial charge in [-0.3, -0.25) is 4.68 Å². The first-order valence-electron chi connectivity index (χ1n) is 5.98. The van der Waals surface area contributed by atoms with Crippen LogP contribution in [-0.2, 0) is 12.8 Å². The topological polar surface area (TPSA) is 29.9 Å². The number of hydrogen-bond acceptors (Lipinski definition) is 3. The third kappa shape index (κ3) is 3.17. The van der Waals surface area contributed by atoms with E-state index in [1.165, 1.54) is 17.8 Å². The zero-order valence-corrected chi connectivity index (χ0v) is 11.8. The molecule has 4 heteroatoms. The van der Waals surface area contributed by atoms with Crippen molar-refractivity contribution in [3.8, 4) is 0 Å². The van der Waals surface area contributed by atoms with Crippen molar-refractivity contribution in [1.29, 1.82) is 0 Å². The van der Waals surface area contributed by atoms with Crippen LogP contribution in [0.25, 0.3) is 0 Å². The van der Waals surface area contributed by atoms with Gasteiger partial charge in [-0.05, 0) is 20.3 Å². The van der Waals surface area contributed by atoms with Crippen molar-refractivity contribution in [1.82, 2.24) is 9.78 Å². The molecule has 92 valence electrons. The molecule has 0 aliphatic rings. The number of thioether (sulfide) groups is 1. The minimum absolute atomic E-state index is 0.717. The smallest absolute Gasteiger partial charge is 0.128 e. The van der Waals surface area contributed by atoms with Crippen molar-refractivity contribution >= 4 is 17.6 Å². The van der Waals surface area contributed by atoms with Crippen LogP contribution in [0.4, 0.5) is 5.82 Å². The standard InChI is InChI=1S/C12H23N3S/c1-6-9(3)16-8-11-10(4)14-15(5)12(11)13-7-2/h9,13H,6-8H2,1-5H3. The van der Waals surface area contributed by atoms with E-state index in [9.17, 15) is 0 Å².